The maximum Gasteiger partial charge on any atom is 0.123 e. The van der Waals surface area contributed by atoms with Crippen molar-refractivity contribution in [1.82, 2.24) is 4.90 Å². The summed E-state index contributed by atoms with van der Waals surface area (Å²) in [5.41, 5.74) is 5.30. The monoisotopic (exact) mass is 384 g/mol. The van der Waals surface area contributed by atoms with E-state index in [1.165, 1.54) is 61.2 Å². The Morgan fingerprint density at radius 1 is 1.04 bits per heavy atom. The van der Waals surface area contributed by atoms with Crippen LogP contribution in [0.3, 0.4) is 0 Å². The van der Waals surface area contributed by atoms with Crippen molar-refractivity contribution in [1.29, 1.82) is 0 Å². The summed E-state index contributed by atoms with van der Waals surface area (Å²) in [5.74, 6) is 0.748. The van der Waals surface area contributed by atoms with Gasteiger partial charge in [0.1, 0.15) is 5.82 Å². The Labute approximate surface area is 171 Å². The molecule has 0 aromatic heterocycles. The van der Waals surface area contributed by atoms with E-state index in [1.54, 1.807) is 12.1 Å². The molecular formula is C25H37FN2. The molecule has 1 aliphatic heterocycles. The lowest BCUT2D eigenvalue weighted by atomic mass is 9.99. The minimum Gasteiger partial charge on any atom is -0.388 e. The first-order chi connectivity index (χ1) is 13.5. The summed E-state index contributed by atoms with van der Waals surface area (Å²) in [4.78, 5) is 2.52. The standard InChI is InChI=1S/C14H20FN.C11H17N/c1-12-6-9-16(10-7-12)11-8-13-2-4-14(15)5-3-13;1-4-5-10-6-7-11(12-3)8-9(10)2/h2-5,12H,6-11H2,1H3;6-8,12H,4-5H2,1-3H3. The van der Waals surface area contributed by atoms with E-state index in [0.29, 0.717) is 0 Å². The first-order valence-electron chi connectivity index (χ1n) is 10.8. The zero-order valence-corrected chi connectivity index (χ0v) is 18.1. The highest BCUT2D eigenvalue weighted by atomic mass is 19.1. The van der Waals surface area contributed by atoms with Crippen LogP contribution >= 0.6 is 0 Å². The Balaban J connectivity index is 0.000000209. The average Bonchev–Trinajstić information content (AvgIpc) is 2.71. The van der Waals surface area contributed by atoms with Gasteiger partial charge in [-0.25, -0.2) is 4.39 Å². The maximum atomic E-state index is 12.7. The van der Waals surface area contributed by atoms with Gasteiger partial charge in [-0.2, -0.15) is 0 Å². The fraction of sp³-hybridized carbons (Fsp3) is 0.520. The molecule has 2 aromatic rings. The summed E-state index contributed by atoms with van der Waals surface area (Å²) in [5, 5.41) is 3.14. The van der Waals surface area contributed by atoms with E-state index in [9.17, 15) is 4.39 Å². The molecule has 28 heavy (non-hydrogen) atoms. The molecule has 0 amide bonds. The number of hydrogen-bond acceptors (Lipinski definition) is 2. The second kappa shape index (κ2) is 11.9. The van der Waals surface area contributed by atoms with Gasteiger partial charge in [0, 0.05) is 19.3 Å². The topological polar surface area (TPSA) is 15.3 Å². The van der Waals surface area contributed by atoms with Crippen LogP contribution in [0.4, 0.5) is 10.1 Å². The Hall–Kier alpha value is -1.87. The summed E-state index contributed by atoms with van der Waals surface area (Å²) < 4.78 is 12.7. The third-order valence-electron chi connectivity index (χ3n) is 5.66. The molecule has 0 aliphatic carbocycles. The molecule has 2 nitrogen and oxygen atoms in total. The van der Waals surface area contributed by atoms with Crippen LogP contribution in [0.2, 0.25) is 0 Å². The third kappa shape index (κ3) is 7.63. The largest absolute Gasteiger partial charge is 0.388 e. The molecule has 1 fully saturated rings. The van der Waals surface area contributed by atoms with E-state index in [1.807, 2.05) is 19.2 Å². The number of rotatable bonds is 6. The van der Waals surface area contributed by atoms with E-state index in [2.05, 4.69) is 49.2 Å². The van der Waals surface area contributed by atoms with Crippen molar-refractivity contribution in [2.75, 3.05) is 32.0 Å². The Kier molecular flexibility index (Phi) is 9.49. The van der Waals surface area contributed by atoms with E-state index in [0.717, 1.165) is 18.9 Å². The molecule has 3 rings (SSSR count). The van der Waals surface area contributed by atoms with Gasteiger partial charge in [-0.3, -0.25) is 0 Å². The fourth-order valence-electron chi connectivity index (χ4n) is 3.63. The zero-order valence-electron chi connectivity index (χ0n) is 18.1. The molecule has 1 aliphatic rings. The molecule has 2 aromatic carbocycles. The van der Waals surface area contributed by atoms with E-state index < -0.39 is 0 Å². The smallest absolute Gasteiger partial charge is 0.123 e. The van der Waals surface area contributed by atoms with Gasteiger partial charge >= 0.3 is 0 Å². The van der Waals surface area contributed by atoms with Crippen LogP contribution in [0.25, 0.3) is 0 Å². The molecule has 1 N–H and O–H groups in total. The summed E-state index contributed by atoms with van der Waals surface area (Å²) in [6.07, 6.45) is 6.09. The van der Waals surface area contributed by atoms with Crippen molar-refractivity contribution in [3.05, 3.63) is 65.0 Å². The van der Waals surface area contributed by atoms with Gasteiger partial charge in [-0.1, -0.05) is 38.5 Å². The van der Waals surface area contributed by atoms with Gasteiger partial charge in [-0.05, 0) is 92.6 Å². The molecule has 0 atom stereocenters. The van der Waals surface area contributed by atoms with Gasteiger partial charge in [0.2, 0.25) is 0 Å². The van der Waals surface area contributed by atoms with Gasteiger partial charge in [-0.15, -0.1) is 0 Å². The van der Waals surface area contributed by atoms with E-state index in [-0.39, 0.29) is 5.82 Å². The summed E-state index contributed by atoms with van der Waals surface area (Å²) >= 11 is 0. The summed E-state index contributed by atoms with van der Waals surface area (Å²) in [7, 11) is 1.95. The Bertz CT molecular complexity index is 688. The second-order valence-corrected chi connectivity index (χ2v) is 8.04. The highest BCUT2D eigenvalue weighted by Crippen LogP contribution is 2.17. The van der Waals surface area contributed by atoms with E-state index in [4.69, 9.17) is 0 Å². The van der Waals surface area contributed by atoms with Crippen LogP contribution in [0.1, 0.15) is 49.8 Å². The van der Waals surface area contributed by atoms with Crippen molar-refractivity contribution >= 4 is 5.69 Å². The molecule has 3 heteroatoms. The highest BCUT2D eigenvalue weighted by Gasteiger charge is 2.14. The van der Waals surface area contributed by atoms with Gasteiger partial charge in [0.25, 0.3) is 0 Å². The van der Waals surface area contributed by atoms with Crippen molar-refractivity contribution in [3.8, 4) is 0 Å². The molecule has 0 spiro atoms. The van der Waals surface area contributed by atoms with Crippen LogP contribution in [0.15, 0.2) is 42.5 Å². The van der Waals surface area contributed by atoms with Crippen LogP contribution < -0.4 is 5.32 Å². The lowest BCUT2D eigenvalue weighted by molar-refractivity contribution is 0.194. The number of nitrogens with zero attached hydrogens (tertiary/aromatic N) is 1. The number of hydrogen-bond donors (Lipinski definition) is 1. The molecule has 154 valence electrons. The predicted molar refractivity (Wildman–Crippen MR) is 120 cm³/mol. The van der Waals surface area contributed by atoms with Gasteiger partial charge in [0.05, 0.1) is 0 Å². The Morgan fingerprint density at radius 3 is 2.29 bits per heavy atom. The third-order valence-corrected chi connectivity index (χ3v) is 5.66. The molecule has 0 radical (unpaired) electrons. The minimum absolute atomic E-state index is 0.143. The number of aryl methyl sites for hydroxylation is 2. The van der Waals surface area contributed by atoms with Crippen molar-refractivity contribution in [3.63, 3.8) is 0 Å². The molecule has 0 unspecified atom stereocenters. The molecule has 0 saturated carbocycles. The van der Waals surface area contributed by atoms with Crippen molar-refractivity contribution in [2.45, 2.75) is 52.9 Å². The first kappa shape index (κ1) is 22.4. The fourth-order valence-corrected chi connectivity index (χ4v) is 3.63. The quantitative estimate of drug-likeness (QED) is 0.648. The molecular weight excluding hydrogens is 347 g/mol. The number of benzene rings is 2. The molecule has 1 saturated heterocycles. The number of halogens is 1. The van der Waals surface area contributed by atoms with Crippen molar-refractivity contribution in [2.24, 2.45) is 5.92 Å². The number of piperidine rings is 1. The lowest BCUT2D eigenvalue weighted by Gasteiger charge is -2.30. The first-order valence-corrected chi connectivity index (χ1v) is 10.8. The molecule has 0 bridgehead atoms. The van der Waals surface area contributed by atoms with Crippen LogP contribution in [-0.2, 0) is 12.8 Å². The second-order valence-electron chi connectivity index (χ2n) is 8.04. The predicted octanol–water partition coefficient (Wildman–Crippen LogP) is 6.09. The van der Waals surface area contributed by atoms with Crippen LogP contribution in [0, 0.1) is 18.7 Å². The SMILES string of the molecule is CC1CCN(CCc2ccc(F)cc2)CC1.CCCc1ccc(NC)cc1C. The maximum absolute atomic E-state index is 12.7. The average molecular weight is 385 g/mol. The molecule has 1 heterocycles. The minimum atomic E-state index is -0.143. The number of nitrogens with one attached hydrogen (secondary N) is 1. The highest BCUT2D eigenvalue weighted by molar-refractivity contribution is 5.47. The Morgan fingerprint density at radius 2 is 1.71 bits per heavy atom. The number of likely N-dealkylation sites (tertiary alicyclic amines) is 1. The summed E-state index contributed by atoms with van der Waals surface area (Å²) in [6.45, 7) is 10.3. The van der Waals surface area contributed by atoms with Gasteiger partial charge < -0.3 is 10.2 Å². The summed E-state index contributed by atoms with van der Waals surface area (Å²) in [6, 6.07) is 13.4. The van der Waals surface area contributed by atoms with Crippen LogP contribution in [-0.4, -0.2) is 31.6 Å². The van der Waals surface area contributed by atoms with Gasteiger partial charge in [0.15, 0.2) is 0 Å². The normalized spacial score (nSPS) is 15.0. The lowest BCUT2D eigenvalue weighted by Crippen LogP contribution is -2.34. The van der Waals surface area contributed by atoms with Crippen LogP contribution in [0.5, 0.6) is 0 Å². The zero-order chi connectivity index (χ0) is 20.4. The van der Waals surface area contributed by atoms with E-state index >= 15 is 0 Å². The number of anilines is 1. The van der Waals surface area contributed by atoms with Crippen molar-refractivity contribution < 1.29 is 4.39 Å².